The number of esters is 1. The number of rotatable bonds is 15. The highest BCUT2D eigenvalue weighted by Crippen LogP contribution is 2.34. The van der Waals surface area contributed by atoms with Gasteiger partial charge in [0.2, 0.25) is 0 Å². The second-order valence-corrected chi connectivity index (χ2v) is 13.2. The van der Waals surface area contributed by atoms with E-state index >= 15 is 0 Å². The van der Waals surface area contributed by atoms with Crippen molar-refractivity contribution in [3.8, 4) is 16.9 Å². The molecule has 0 atom stereocenters. The maximum atomic E-state index is 12.2. The summed E-state index contributed by atoms with van der Waals surface area (Å²) in [4.78, 5) is 24.4. The Bertz CT molecular complexity index is 1630. The number of ether oxygens (including phenoxy) is 4. The average Bonchev–Trinajstić information content (AvgIpc) is 3.46. The Morgan fingerprint density at radius 1 is 0.857 bits per heavy atom. The number of benzene rings is 3. The zero-order valence-electron chi connectivity index (χ0n) is 30.7. The van der Waals surface area contributed by atoms with Crippen molar-refractivity contribution in [1.29, 1.82) is 0 Å². The Labute approximate surface area is 292 Å². The lowest BCUT2D eigenvalue weighted by molar-refractivity contribution is -0.142. The molecule has 0 bridgehead atoms. The van der Waals surface area contributed by atoms with E-state index in [2.05, 4.69) is 19.2 Å². The Kier molecular flexibility index (Phi) is 15.7. The van der Waals surface area contributed by atoms with Gasteiger partial charge in [-0.15, -0.1) is 0 Å². The molecule has 4 rings (SSSR count). The fraction of sp³-hybridized carbons (Fsp3) is 0.463. The van der Waals surface area contributed by atoms with Crippen molar-refractivity contribution >= 4 is 23.0 Å². The monoisotopic (exact) mass is 673 g/mol. The molecule has 4 aromatic rings. The first kappa shape index (κ1) is 39.1. The fourth-order valence-electron chi connectivity index (χ4n) is 5.26. The van der Waals surface area contributed by atoms with E-state index in [1.54, 1.807) is 14.0 Å². The quantitative estimate of drug-likeness (QED) is 0.0991. The van der Waals surface area contributed by atoms with Crippen molar-refractivity contribution in [2.75, 3.05) is 13.7 Å². The number of methoxy groups -OCH3 is 1. The van der Waals surface area contributed by atoms with Crippen molar-refractivity contribution in [3.05, 3.63) is 88.7 Å². The van der Waals surface area contributed by atoms with E-state index in [-0.39, 0.29) is 19.0 Å². The summed E-state index contributed by atoms with van der Waals surface area (Å²) in [5.74, 6) is 1.07. The Hall–Kier alpha value is -4.30. The minimum absolute atomic E-state index is 0.139. The number of fused-ring (bicyclic) bond motifs is 1. The molecule has 8 heteroatoms. The minimum atomic E-state index is -0.572. The summed E-state index contributed by atoms with van der Waals surface area (Å²) in [5.41, 5.74) is 5.65. The van der Waals surface area contributed by atoms with Crippen LogP contribution in [-0.2, 0) is 45.2 Å². The number of alkyl carbamates (subject to hydrolysis) is 1. The third-order valence-electron chi connectivity index (χ3n) is 7.55. The molecule has 0 aliphatic carbocycles. The normalized spacial score (nSPS) is 11.1. The van der Waals surface area contributed by atoms with Crippen LogP contribution in [0.25, 0.3) is 22.1 Å². The average molecular weight is 674 g/mol. The molecule has 0 fully saturated rings. The molecule has 49 heavy (non-hydrogen) atoms. The van der Waals surface area contributed by atoms with E-state index in [1.807, 2.05) is 88.4 Å². The number of amides is 1. The number of carbonyl (C=O) groups excluding carboxylic acids is 2. The summed E-state index contributed by atoms with van der Waals surface area (Å²) < 4.78 is 28.3. The van der Waals surface area contributed by atoms with Crippen LogP contribution in [0.5, 0.6) is 5.75 Å². The van der Waals surface area contributed by atoms with Crippen LogP contribution in [-0.4, -0.2) is 31.4 Å². The predicted molar refractivity (Wildman–Crippen MR) is 196 cm³/mol. The maximum Gasteiger partial charge on any atom is 0.407 e. The maximum absolute atomic E-state index is 12.2. The minimum Gasteiger partial charge on any atom is -0.489 e. The topological polar surface area (TPSA) is 96.2 Å². The van der Waals surface area contributed by atoms with Crippen LogP contribution in [0, 0.1) is 6.92 Å². The molecule has 0 unspecified atom stereocenters. The number of carbonyl (C=O) groups is 2. The predicted octanol–water partition coefficient (Wildman–Crippen LogP) is 10.2. The standard InChI is InChI=1S/C34H39NO7.C7H16/c1-7-39-31(36)18-26-12-11-22(2)13-30(26)40-20-24-15-27-17-28(21-38-6)41-32(27)29(16-24)25-10-8-9-23(14-25)19-35-33(37)42-34(3,4)5;1-3-5-7-6-4-2/h8-17H,7,18-21H2,1-6H3,(H,35,37);3-7H2,1-2H3. The van der Waals surface area contributed by atoms with Crippen LogP contribution < -0.4 is 10.1 Å². The van der Waals surface area contributed by atoms with Crippen molar-refractivity contribution in [2.24, 2.45) is 0 Å². The van der Waals surface area contributed by atoms with Crippen molar-refractivity contribution < 1.29 is 33.0 Å². The van der Waals surface area contributed by atoms with Gasteiger partial charge in [-0.2, -0.15) is 0 Å². The van der Waals surface area contributed by atoms with Crippen molar-refractivity contribution in [1.82, 2.24) is 5.32 Å². The molecule has 0 saturated heterocycles. The highest BCUT2D eigenvalue weighted by molar-refractivity contribution is 5.93. The summed E-state index contributed by atoms with van der Waals surface area (Å²) in [6, 6.07) is 19.8. The van der Waals surface area contributed by atoms with Gasteiger partial charge in [0, 0.05) is 30.2 Å². The Balaban J connectivity index is 0.000000838. The molecular weight excluding hydrogens is 618 g/mol. The SMILES string of the molecule is CCCCCCC.CCOC(=O)Cc1ccc(C)cc1OCc1cc(-c2cccc(CNC(=O)OC(C)(C)C)c2)c2oc(COC)cc2c1. The van der Waals surface area contributed by atoms with Gasteiger partial charge in [0.25, 0.3) is 0 Å². The lowest BCUT2D eigenvalue weighted by atomic mass is 9.99. The highest BCUT2D eigenvalue weighted by atomic mass is 16.6. The van der Waals surface area contributed by atoms with Crippen molar-refractivity contribution in [3.63, 3.8) is 0 Å². The molecule has 1 heterocycles. The molecule has 8 nitrogen and oxygen atoms in total. The van der Waals surface area contributed by atoms with Gasteiger partial charge in [0.1, 0.15) is 35.9 Å². The molecule has 266 valence electrons. The molecule has 1 aromatic heterocycles. The van der Waals surface area contributed by atoms with Crippen molar-refractivity contribution in [2.45, 2.75) is 112 Å². The number of hydrogen-bond acceptors (Lipinski definition) is 7. The lowest BCUT2D eigenvalue weighted by Crippen LogP contribution is -2.32. The summed E-state index contributed by atoms with van der Waals surface area (Å²) in [6.45, 7) is 15.0. The van der Waals surface area contributed by atoms with Gasteiger partial charge in [0.15, 0.2) is 0 Å². The lowest BCUT2D eigenvalue weighted by Gasteiger charge is -2.19. The number of unbranched alkanes of at least 4 members (excludes halogenated alkanes) is 4. The first-order valence-electron chi connectivity index (χ1n) is 17.4. The van der Waals surface area contributed by atoms with Gasteiger partial charge in [0.05, 0.1) is 13.0 Å². The molecule has 0 aliphatic heterocycles. The van der Waals surface area contributed by atoms with Gasteiger partial charge in [-0.25, -0.2) is 4.79 Å². The molecule has 1 N–H and O–H groups in total. The van der Waals surface area contributed by atoms with Gasteiger partial charge >= 0.3 is 12.1 Å². The molecule has 0 radical (unpaired) electrons. The zero-order chi connectivity index (χ0) is 35.8. The number of hydrogen-bond donors (Lipinski definition) is 1. The summed E-state index contributed by atoms with van der Waals surface area (Å²) in [5, 5.41) is 3.74. The van der Waals surface area contributed by atoms with Crippen LogP contribution in [0.15, 0.2) is 65.1 Å². The zero-order valence-corrected chi connectivity index (χ0v) is 30.7. The van der Waals surface area contributed by atoms with Crippen LogP contribution >= 0.6 is 0 Å². The van der Waals surface area contributed by atoms with Crippen LogP contribution in [0.4, 0.5) is 4.79 Å². The fourth-order valence-corrected chi connectivity index (χ4v) is 5.26. The Morgan fingerprint density at radius 3 is 2.29 bits per heavy atom. The third-order valence-corrected chi connectivity index (χ3v) is 7.55. The third kappa shape index (κ3) is 13.3. The van der Waals surface area contributed by atoms with E-state index < -0.39 is 11.7 Å². The molecule has 0 spiro atoms. The second-order valence-electron chi connectivity index (χ2n) is 13.2. The molecular formula is C41H55NO7. The molecule has 1 amide bonds. The summed E-state index contributed by atoms with van der Waals surface area (Å²) >= 11 is 0. The molecule has 0 aliphatic rings. The number of aryl methyl sites for hydroxylation is 1. The first-order valence-corrected chi connectivity index (χ1v) is 17.4. The smallest absolute Gasteiger partial charge is 0.407 e. The van der Waals surface area contributed by atoms with Gasteiger partial charge < -0.3 is 28.7 Å². The van der Waals surface area contributed by atoms with E-state index in [9.17, 15) is 9.59 Å². The van der Waals surface area contributed by atoms with Crippen LogP contribution in [0.2, 0.25) is 0 Å². The van der Waals surface area contributed by atoms with Gasteiger partial charge in [-0.3, -0.25) is 4.79 Å². The first-order chi connectivity index (χ1) is 23.5. The highest BCUT2D eigenvalue weighted by Gasteiger charge is 2.17. The van der Waals surface area contributed by atoms with E-state index in [0.29, 0.717) is 31.3 Å². The largest absolute Gasteiger partial charge is 0.489 e. The van der Waals surface area contributed by atoms with Gasteiger partial charge in [-0.05, 0) is 87.2 Å². The van der Waals surface area contributed by atoms with Gasteiger partial charge in [-0.1, -0.05) is 76.3 Å². The van der Waals surface area contributed by atoms with Crippen LogP contribution in [0.3, 0.4) is 0 Å². The Morgan fingerprint density at radius 2 is 1.61 bits per heavy atom. The van der Waals surface area contributed by atoms with Crippen LogP contribution in [0.1, 0.15) is 102 Å². The number of furan rings is 1. The van der Waals surface area contributed by atoms with E-state index in [4.69, 9.17) is 23.4 Å². The number of nitrogens with one attached hydrogen (secondary N) is 1. The van der Waals surface area contributed by atoms with E-state index in [0.717, 1.165) is 44.3 Å². The molecule has 0 saturated carbocycles. The summed E-state index contributed by atoms with van der Waals surface area (Å²) in [7, 11) is 1.63. The summed E-state index contributed by atoms with van der Waals surface area (Å²) in [6.07, 6.45) is 6.68. The molecule has 3 aromatic carbocycles. The second kappa shape index (κ2) is 19.6. The van der Waals surface area contributed by atoms with E-state index in [1.165, 1.54) is 32.1 Å².